The summed E-state index contributed by atoms with van der Waals surface area (Å²) in [4.78, 5) is 15.7. The Morgan fingerprint density at radius 1 is 1.32 bits per heavy atom. The molecule has 1 rings (SSSR count). The molecule has 0 aromatic heterocycles. The summed E-state index contributed by atoms with van der Waals surface area (Å²) >= 11 is 0. The number of carbonyl (C=O) groups excluding carboxylic acids is 1. The topological polar surface area (TPSA) is 62.2 Å². The summed E-state index contributed by atoms with van der Waals surface area (Å²) in [5.41, 5.74) is -0.515. The van der Waals surface area contributed by atoms with Crippen LogP contribution < -0.4 is 0 Å². The van der Waals surface area contributed by atoms with Gasteiger partial charge in [-0.1, -0.05) is 13.3 Å². The monoisotopic (exact) mass is 316 g/mol. The van der Waals surface area contributed by atoms with Crippen molar-refractivity contribution in [3.05, 3.63) is 0 Å². The second kappa shape index (κ2) is 8.70. The number of rotatable bonds is 7. The van der Waals surface area contributed by atoms with Crippen molar-refractivity contribution >= 4 is 6.09 Å². The van der Waals surface area contributed by atoms with Crippen LogP contribution in [0.2, 0.25) is 0 Å². The minimum Gasteiger partial charge on any atom is -0.444 e. The zero-order valence-corrected chi connectivity index (χ0v) is 14.7. The second-order valence-electron chi connectivity index (χ2n) is 6.97. The minimum atomic E-state index is -0.548. The van der Waals surface area contributed by atoms with Gasteiger partial charge in [-0.2, -0.15) is 0 Å². The molecule has 2 atom stereocenters. The molecule has 0 radical (unpaired) electrons. The van der Waals surface area contributed by atoms with Crippen LogP contribution in [-0.4, -0.2) is 78.6 Å². The number of hydrogen-bond donors (Lipinski definition) is 1. The first-order valence-electron chi connectivity index (χ1n) is 8.18. The van der Waals surface area contributed by atoms with E-state index in [0.29, 0.717) is 19.7 Å². The van der Waals surface area contributed by atoms with Crippen molar-refractivity contribution in [2.75, 3.05) is 39.9 Å². The number of β-amino-alcohol motifs (C(OH)–C–C–N with tert-alkyl or cyclic N) is 1. The van der Waals surface area contributed by atoms with Crippen LogP contribution in [0.25, 0.3) is 0 Å². The third kappa shape index (κ3) is 6.50. The first kappa shape index (κ1) is 19.2. The van der Waals surface area contributed by atoms with Gasteiger partial charge in [-0.05, 0) is 34.2 Å². The normalized spacial score (nSPS) is 22.4. The zero-order valence-electron chi connectivity index (χ0n) is 14.7. The van der Waals surface area contributed by atoms with Crippen LogP contribution in [0.15, 0.2) is 0 Å². The fraction of sp³-hybridized carbons (Fsp3) is 0.938. The average molecular weight is 316 g/mol. The Balaban J connectivity index is 2.37. The summed E-state index contributed by atoms with van der Waals surface area (Å²) in [5.74, 6) is 0. The highest BCUT2D eigenvalue weighted by Crippen LogP contribution is 2.18. The zero-order chi connectivity index (χ0) is 16.8. The van der Waals surface area contributed by atoms with Crippen LogP contribution in [-0.2, 0) is 9.47 Å². The summed E-state index contributed by atoms with van der Waals surface area (Å²) in [6, 6.07) is -0.0673. The number of unbranched alkanes of at least 4 members (excludes halogenated alkanes) is 1. The number of amides is 1. The third-order valence-corrected chi connectivity index (χ3v) is 3.71. The summed E-state index contributed by atoms with van der Waals surface area (Å²) in [7, 11) is 1.95. The molecule has 22 heavy (non-hydrogen) atoms. The third-order valence-electron chi connectivity index (χ3n) is 3.71. The number of aliphatic hydroxyl groups excluding tert-OH is 1. The number of likely N-dealkylation sites (N-methyl/N-ethyl adjacent to an activating group) is 1. The molecule has 1 aliphatic heterocycles. The molecule has 0 saturated carbocycles. The molecule has 1 amide bonds. The molecular weight excluding hydrogens is 284 g/mol. The van der Waals surface area contributed by atoms with E-state index >= 15 is 0 Å². The smallest absolute Gasteiger partial charge is 0.410 e. The Morgan fingerprint density at radius 3 is 2.59 bits per heavy atom. The molecule has 1 aliphatic rings. The van der Waals surface area contributed by atoms with E-state index in [4.69, 9.17) is 9.47 Å². The molecule has 0 unspecified atom stereocenters. The highest BCUT2D eigenvalue weighted by molar-refractivity contribution is 5.68. The molecule has 1 fully saturated rings. The fourth-order valence-corrected chi connectivity index (χ4v) is 2.40. The summed E-state index contributed by atoms with van der Waals surface area (Å²) in [6.45, 7) is 10.6. The van der Waals surface area contributed by atoms with Crippen LogP contribution in [0.1, 0.15) is 40.5 Å². The SMILES string of the molecule is CCCCOCCN(C)[C@H]1CN(C(=O)OC(C)(C)C)C[C@@H]1O. The van der Waals surface area contributed by atoms with Gasteiger partial charge in [0, 0.05) is 19.7 Å². The lowest BCUT2D eigenvalue weighted by molar-refractivity contribution is 0.0269. The molecule has 130 valence electrons. The minimum absolute atomic E-state index is 0.0673. The molecule has 1 N–H and O–H groups in total. The van der Waals surface area contributed by atoms with Crippen molar-refractivity contribution in [3.63, 3.8) is 0 Å². The molecule has 1 heterocycles. The van der Waals surface area contributed by atoms with E-state index in [1.54, 1.807) is 4.90 Å². The van der Waals surface area contributed by atoms with Crippen molar-refractivity contribution in [2.45, 2.75) is 58.3 Å². The van der Waals surface area contributed by atoms with Gasteiger partial charge in [0.1, 0.15) is 5.60 Å². The molecule has 0 aliphatic carbocycles. The van der Waals surface area contributed by atoms with E-state index < -0.39 is 11.7 Å². The highest BCUT2D eigenvalue weighted by Gasteiger charge is 2.37. The lowest BCUT2D eigenvalue weighted by Crippen LogP contribution is -2.42. The molecule has 6 heteroatoms. The largest absolute Gasteiger partial charge is 0.444 e. The first-order chi connectivity index (χ1) is 10.2. The summed E-state index contributed by atoms with van der Waals surface area (Å²) in [6.07, 6.45) is 1.29. The summed E-state index contributed by atoms with van der Waals surface area (Å²) < 4.78 is 10.9. The maximum Gasteiger partial charge on any atom is 0.410 e. The van der Waals surface area contributed by atoms with Crippen LogP contribution in [0, 0.1) is 0 Å². The van der Waals surface area contributed by atoms with Crippen molar-refractivity contribution in [2.24, 2.45) is 0 Å². The predicted octanol–water partition coefficient (Wildman–Crippen LogP) is 1.72. The van der Waals surface area contributed by atoms with Gasteiger partial charge in [0.25, 0.3) is 0 Å². The molecule has 0 aromatic carbocycles. The molecule has 6 nitrogen and oxygen atoms in total. The van der Waals surface area contributed by atoms with Crippen LogP contribution in [0.4, 0.5) is 4.79 Å². The molecule has 1 saturated heterocycles. The van der Waals surface area contributed by atoms with Gasteiger partial charge in [-0.15, -0.1) is 0 Å². The lowest BCUT2D eigenvalue weighted by atomic mass is 10.2. The second-order valence-corrected chi connectivity index (χ2v) is 6.97. The van der Waals surface area contributed by atoms with Gasteiger partial charge in [0.05, 0.1) is 25.3 Å². The number of aliphatic hydroxyl groups is 1. The summed E-state index contributed by atoms with van der Waals surface area (Å²) in [5, 5.41) is 10.2. The Bertz CT molecular complexity index is 344. The Kier molecular flexibility index (Phi) is 7.59. The van der Waals surface area contributed by atoms with E-state index in [9.17, 15) is 9.90 Å². The Morgan fingerprint density at radius 2 is 2.00 bits per heavy atom. The van der Waals surface area contributed by atoms with Gasteiger partial charge in [-0.3, -0.25) is 4.90 Å². The maximum atomic E-state index is 12.1. The Hall–Kier alpha value is -0.850. The number of likely N-dealkylation sites (tertiary alicyclic amines) is 1. The standard InChI is InChI=1S/C16H32N2O4/c1-6-7-9-21-10-8-17(5)13-11-18(12-14(13)19)15(20)22-16(2,3)4/h13-14,19H,6-12H2,1-5H3/t13-,14-/m0/s1. The van der Waals surface area contributed by atoms with Crippen molar-refractivity contribution < 1.29 is 19.4 Å². The quantitative estimate of drug-likeness (QED) is 0.725. The number of ether oxygens (including phenoxy) is 2. The highest BCUT2D eigenvalue weighted by atomic mass is 16.6. The van der Waals surface area contributed by atoms with E-state index in [1.165, 1.54) is 0 Å². The maximum absolute atomic E-state index is 12.1. The molecule has 0 spiro atoms. The number of carbonyl (C=O) groups is 1. The van der Waals surface area contributed by atoms with E-state index in [2.05, 4.69) is 11.8 Å². The van der Waals surface area contributed by atoms with E-state index in [0.717, 1.165) is 26.0 Å². The number of hydrogen-bond acceptors (Lipinski definition) is 5. The average Bonchev–Trinajstić information content (AvgIpc) is 2.79. The van der Waals surface area contributed by atoms with Crippen molar-refractivity contribution in [3.8, 4) is 0 Å². The first-order valence-corrected chi connectivity index (χ1v) is 8.18. The molecule has 0 bridgehead atoms. The van der Waals surface area contributed by atoms with Crippen LogP contribution in [0.5, 0.6) is 0 Å². The lowest BCUT2D eigenvalue weighted by Gasteiger charge is -2.27. The van der Waals surface area contributed by atoms with Gasteiger partial charge in [0.2, 0.25) is 0 Å². The van der Waals surface area contributed by atoms with Gasteiger partial charge < -0.3 is 19.5 Å². The van der Waals surface area contributed by atoms with E-state index in [-0.39, 0.29) is 12.1 Å². The molecule has 0 aromatic rings. The van der Waals surface area contributed by atoms with Gasteiger partial charge in [0.15, 0.2) is 0 Å². The van der Waals surface area contributed by atoms with Crippen molar-refractivity contribution in [1.82, 2.24) is 9.80 Å². The van der Waals surface area contributed by atoms with Crippen LogP contribution >= 0.6 is 0 Å². The number of nitrogens with zero attached hydrogens (tertiary/aromatic N) is 2. The van der Waals surface area contributed by atoms with Crippen molar-refractivity contribution in [1.29, 1.82) is 0 Å². The Labute approximate surface area is 134 Å². The van der Waals surface area contributed by atoms with Gasteiger partial charge >= 0.3 is 6.09 Å². The van der Waals surface area contributed by atoms with Gasteiger partial charge in [-0.25, -0.2) is 4.79 Å². The molecular formula is C16H32N2O4. The fourth-order valence-electron chi connectivity index (χ4n) is 2.40. The van der Waals surface area contributed by atoms with Crippen LogP contribution in [0.3, 0.4) is 0 Å². The van der Waals surface area contributed by atoms with E-state index in [1.807, 2.05) is 27.8 Å². The predicted molar refractivity (Wildman–Crippen MR) is 86.0 cm³/mol.